The van der Waals surface area contributed by atoms with Gasteiger partial charge in [0.15, 0.2) is 5.25 Å². The van der Waals surface area contributed by atoms with Crippen LogP contribution in [0.3, 0.4) is 0 Å². The molecule has 1 aromatic carbocycles. The molecule has 140 valence electrons. The van der Waals surface area contributed by atoms with Crippen molar-refractivity contribution in [2.45, 2.75) is 10.3 Å². The van der Waals surface area contributed by atoms with Crippen molar-refractivity contribution in [3.63, 3.8) is 0 Å². The van der Waals surface area contributed by atoms with Gasteiger partial charge in [-0.05, 0) is 17.7 Å². The van der Waals surface area contributed by atoms with Crippen molar-refractivity contribution < 1.29 is 9.53 Å². The summed E-state index contributed by atoms with van der Waals surface area (Å²) in [6.45, 7) is 0. The maximum atomic E-state index is 12.2. The number of pyridine rings is 1. The van der Waals surface area contributed by atoms with Crippen LogP contribution < -0.4 is 10.5 Å². The smallest absolute Gasteiger partial charge is 0.250 e. The van der Waals surface area contributed by atoms with E-state index in [-0.39, 0.29) is 22.0 Å². The third-order valence-corrected chi connectivity index (χ3v) is 4.87. The van der Waals surface area contributed by atoms with Crippen molar-refractivity contribution >= 4 is 23.5 Å². The predicted molar refractivity (Wildman–Crippen MR) is 104 cm³/mol. The Balaban J connectivity index is 2.68. The highest BCUT2D eigenvalue weighted by atomic mass is 32.2. The molecule has 0 aliphatic heterocycles. The number of benzene rings is 1. The highest BCUT2D eigenvalue weighted by Crippen LogP contribution is 2.37. The van der Waals surface area contributed by atoms with E-state index in [0.29, 0.717) is 16.9 Å². The first kappa shape index (κ1) is 20.6. The van der Waals surface area contributed by atoms with E-state index in [1.807, 2.05) is 18.2 Å². The lowest BCUT2D eigenvalue weighted by Crippen LogP contribution is -2.30. The number of amides is 1. The van der Waals surface area contributed by atoms with Crippen molar-refractivity contribution in [2.24, 2.45) is 0 Å². The standard InChI is InChI=1S/C19H16N6O2S/c1-25(2)19(26)15(10-22)28-18-14(9-21)16(13(8-20)17(23)24-18)11-4-6-12(27-3)7-5-11/h4-7,15H,1-3H3,(H2,23,24). The maximum Gasteiger partial charge on any atom is 0.250 e. The minimum absolute atomic E-state index is 0.0542. The van der Waals surface area contributed by atoms with Crippen LogP contribution in [0.25, 0.3) is 11.1 Å². The van der Waals surface area contributed by atoms with E-state index in [0.717, 1.165) is 11.8 Å². The van der Waals surface area contributed by atoms with Gasteiger partial charge >= 0.3 is 0 Å². The number of nitrogens with two attached hydrogens (primary N) is 1. The van der Waals surface area contributed by atoms with Crippen LogP contribution in [0.1, 0.15) is 11.1 Å². The molecule has 8 nitrogen and oxygen atoms in total. The van der Waals surface area contributed by atoms with Crippen molar-refractivity contribution in [1.29, 1.82) is 15.8 Å². The summed E-state index contributed by atoms with van der Waals surface area (Å²) in [7, 11) is 4.59. The van der Waals surface area contributed by atoms with Gasteiger partial charge in [0, 0.05) is 19.7 Å². The quantitative estimate of drug-likeness (QED) is 0.763. The highest BCUT2D eigenvalue weighted by molar-refractivity contribution is 8.00. The Morgan fingerprint density at radius 3 is 2.25 bits per heavy atom. The van der Waals surface area contributed by atoms with Crippen LogP contribution in [-0.4, -0.2) is 42.2 Å². The number of thioether (sulfide) groups is 1. The number of hydrogen-bond acceptors (Lipinski definition) is 8. The number of nitrogens with zero attached hydrogens (tertiary/aromatic N) is 5. The maximum absolute atomic E-state index is 12.2. The fourth-order valence-corrected chi connectivity index (χ4v) is 3.41. The molecule has 1 amide bonds. The fourth-order valence-electron chi connectivity index (χ4n) is 2.41. The van der Waals surface area contributed by atoms with E-state index < -0.39 is 11.2 Å². The Morgan fingerprint density at radius 2 is 1.79 bits per heavy atom. The Labute approximate surface area is 166 Å². The minimum atomic E-state index is -1.11. The van der Waals surface area contributed by atoms with E-state index in [1.165, 1.54) is 26.1 Å². The van der Waals surface area contributed by atoms with Gasteiger partial charge in [0.2, 0.25) is 5.91 Å². The lowest BCUT2D eigenvalue weighted by atomic mass is 9.97. The zero-order chi connectivity index (χ0) is 20.8. The van der Waals surface area contributed by atoms with Crippen LogP contribution in [-0.2, 0) is 4.79 Å². The first-order valence-corrected chi connectivity index (χ1v) is 8.81. The zero-order valence-corrected chi connectivity index (χ0v) is 16.2. The number of hydrogen-bond donors (Lipinski definition) is 1. The van der Waals surface area contributed by atoms with Gasteiger partial charge in [-0.3, -0.25) is 4.79 Å². The predicted octanol–water partition coefficient (Wildman–Crippen LogP) is 2.16. The van der Waals surface area contributed by atoms with Crippen molar-refractivity contribution in [3.05, 3.63) is 35.4 Å². The summed E-state index contributed by atoms with van der Waals surface area (Å²) in [6, 6.07) is 12.7. The number of aromatic nitrogens is 1. The molecule has 0 aliphatic rings. The molecule has 0 saturated carbocycles. The molecule has 0 aliphatic carbocycles. The molecule has 0 saturated heterocycles. The molecule has 1 atom stereocenters. The molecule has 0 bridgehead atoms. The lowest BCUT2D eigenvalue weighted by molar-refractivity contribution is -0.127. The molecule has 1 heterocycles. The average Bonchev–Trinajstić information content (AvgIpc) is 2.70. The second-order valence-electron chi connectivity index (χ2n) is 5.74. The number of anilines is 1. The minimum Gasteiger partial charge on any atom is -0.497 e. The Hall–Kier alpha value is -3.74. The number of methoxy groups -OCH3 is 1. The molecule has 28 heavy (non-hydrogen) atoms. The van der Waals surface area contributed by atoms with Crippen LogP contribution in [0.5, 0.6) is 5.75 Å². The van der Waals surface area contributed by atoms with Gasteiger partial charge in [-0.2, -0.15) is 15.8 Å². The van der Waals surface area contributed by atoms with E-state index in [4.69, 9.17) is 10.5 Å². The van der Waals surface area contributed by atoms with E-state index in [2.05, 4.69) is 4.98 Å². The van der Waals surface area contributed by atoms with Crippen molar-refractivity contribution in [2.75, 3.05) is 26.9 Å². The number of rotatable bonds is 5. The molecule has 1 aromatic heterocycles. The molecule has 0 spiro atoms. The van der Waals surface area contributed by atoms with Crippen LogP contribution in [0.15, 0.2) is 29.3 Å². The molecular weight excluding hydrogens is 376 g/mol. The molecule has 2 aromatic rings. The Bertz CT molecular complexity index is 1030. The first-order valence-electron chi connectivity index (χ1n) is 7.93. The van der Waals surface area contributed by atoms with Gasteiger partial charge in [0.05, 0.1) is 18.7 Å². The van der Waals surface area contributed by atoms with Gasteiger partial charge in [-0.25, -0.2) is 4.98 Å². The highest BCUT2D eigenvalue weighted by Gasteiger charge is 2.27. The number of carbonyl (C=O) groups excluding carboxylic acids is 1. The zero-order valence-electron chi connectivity index (χ0n) is 15.4. The Morgan fingerprint density at radius 1 is 1.18 bits per heavy atom. The number of ether oxygens (including phenoxy) is 1. The van der Waals surface area contributed by atoms with Crippen LogP contribution >= 0.6 is 11.8 Å². The molecule has 9 heteroatoms. The van der Waals surface area contributed by atoms with Gasteiger partial charge in [-0.15, -0.1) is 0 Å². The summed E-state index contributed by atoms with van der Waals surface area (Å²) in [4.78, 5) is 17.6. The first-order chi connectivity index (χ1) is 13.4. The van der Waals surface area contributed by atoms with Crippen LogP contribution in [0.2, 0.25) is 0 Å². The molecular formula is C19H16N6O2S. The van der Waals surface area contributed by atoms with E-state index in [9.17, 15) is 20.6 Å². The van der Waals surface area contributed by atoms with E-state index >= 15 is 0 Å². The van der Waals surface area contributed by atoms with Crippen molar-refractivity contribution in [1.82, 2.24) is 9.88 Å². The molecule has 2 rings (SSSR count). The third kappa shape index (κ3) is 3.98. The molecule has 2 N–H and O–H groups in total. The third-order valence-electron chi connectivity index (χ3n) is 3.81. The van der Waals surface area contributed by atoms with Gasteiger partial charge in [0.25, 0.3) is 0 Å². The SMILES string of the molecule is COc1ccc(-c2c(C#N)c(N)nc(SC(C#N)C(=O)N(C)C)c2C#N)cc1. The largest absolute Gasteiger partial charge is 0.497 e. The van der Waals surface area contributed by atoms with Gasteiger partial charge in [0.1, 0.15) is 34.3 Å². The Kier molecular flexibility index (Phi) is 6.44. The second kappa shape index (κ2) is 8.77. The monoisotopic (exact) mass is 392 g/mol. The number of nitrogen functional groups attached to an aromatic ring is 1. The molecule has 0 fully saturated rings. The summed E-state index contributed by atoms with van der Waals surface area (Å²) in [5.41, 5.74) is 6.94. The van der Waals surface area contributed by atoms with Crippen molar-refractivity contribution in [3.8, 4) is 35.1 Å². The number of carbonyl (C=O) groups is 1. The van der Waals surface area contributed by atoms with Gasteiger partial charge in [-0.1, -0.05) is 23.9 Å². The summed E-state index contributed by atoms with van der Waals surface area (Å²) in [5.74, 6) is 0.0921. The second-order valence-corrected chi connectivity index (χ2v) is 6.83. The summed E-state index contributed by atoms with van der Waals surface area (Å²) >= 11 is 0.826. The molecule has 0 radical (unpaired) electrons. The topological polar surface area (TPSA) is 140 Å². The average molecular weight is 392 g/mol. The molecule has 1 unspecified atom stereocenters. The van der Waals surface area contributed by atoms with Crippen LogP contribution in [0, 0.1) is 34.0 Å². The summed E-state index contributed by atoms with van der Waals surface area (Å²) < 4.78 is 5.13. The number of nitriles is 3. The summed E-state index contributed by atoms with van der Waals surface area (Å²) in [5, 5.41) is 27.7. The fraction of sp³-hybridized carbons (Fsp3) is 0.211. The summed E-state index contributed by atoms with van der Waals surface area (Å²) in [6.07, 6.45) is 0. The van der Waals surface area contributed by atoms with Crippen LogP contribution in [0.4, 0.5) is 5.82 Å². The van der Waals surface area contributed by atoms with E-state index in [1.54, 1.807) is 24.3 Å². The van der Waals surface area contributed by atoms with Gasteiger partial charge < -0.3 is 15.4 Å². The normalized spacial score (nSPS) is 10.9. The lowest BCUT2D eigenvalue weighted by Gasteiger charge is -2.17.